The minimum absolute atomic E-state index is 0.256. The molecule has 23 heavy (non-hydrogen) atoms. The highest BCUT2D eigenvalue weighted by Crippen LogP contribution is 2.38. The summed E-state index contributed by atoms with van der Waals surface area (Å²) in [4.78, 5) is 7.83. The summed E-state index contributed by atoms with van der Waals surface area (Å²) >= 11 is 6.99. The molecule has 0 saturated carbocycles. The second-order valence-corrected chi connectivity index (χ2v) is 9.30. The van der Waals surface area contributed by atoms with E-state index in [-0.39, 0.29) is 10.3 Å². The predicted octanol–water partition coefficient (Wildman–Crippen LogP) is 3.80. The van der Waals surface area contributed by atoms with E-state index >= 15 is 0 Å². The molecule has 8 heteroatoms. The Bertz CT molecular complexity index is 931. The van der Waals surface area contributed by atoms with Gasteiger partial charge in [0.25, 0.3) is 10.0 Å². The van der Waals surface area contributed by atoms with Crippen molar-refractivity contribution in [3.05, 3.63) is 46.6 Å². The second-order valence-electron chi connectivity index (χ2n) is 5.47. The molecule has 3 aromatic rings. The van der Waals surface area contributed by atoms with Gasteiger partial charge < -0.3 is 4.98 Å². The van der Waals surface area contributed by atoms with Crippen molar-refractivity contribution in [3.63, 3.8) is 0 Å². The van der Waals surface area contributed by atoms with Crippen LogP contribution in [0.25, 0.3) is 11.0 Å². The number of hydrogen-bond donors (Lipinski definition) is 1. The van der Waals surface area contributed by atoms with E-state index in [2.05, 4.69) is 9.97 Å². The van der Waals surface area contributed by atoms with Gasteiger partial charge in [0.05, 0.1) is 21.4 Å². The van der Waals surface area contributed by atoms with E-state index in [1.54, 1.807) is 12.1 Å². The minimum Gasteiger partial charge on any atom is -0.341 e. The van der Waals surface area contributed by atoms with Crippen molar-refractivity contribution >= 4 is 44.0 Å². The maximum atomic E-state index is 12.9. The van der Waals surface area contributed by atoms with E-state index in [4.69, 9.17) is 11.6 Å². The van der Waals surface area contributed by atoms with Crippen molar-refractivity contribution in [1.29, 1.82) is 0 Å². The van der Waals surface area contributed by atoms with Gasteiger partial charge in [-0.25, -0.2) is 13.4 Å². The van der Waals surface area contributed by atoms with Crippen LogP contribution in [-0.4, -0.2) is 29.2 Å². The van der Waals surface area contributed by atoms with Gasteiger partial charge in [0.1, 0.15) is 10.0 Å². The molecule has 2 aromatic heterocycles. The smallest absolute Gasteiger partial charge is 0.253 e. The molecule has 0 radical (unpaired) electrons. The Labute approximate surface area is 143 Å². The number of imidazole rings is 1. The maximum absolute atomic E-state index is 12.9. The SMILES string of the molecule is O=S(=O)(c1ccc(Cl)s1)N1CCC[C@H]1c1nc2ccccc2[nH]1. The number of sulfonamides is 1. The lowest BCUT2D eigenvalue weighted by Gasteiger charge is -2.21. The highest BCUT2D eigenvalue weighted by molar-refractivity contribution is 7.91. The summed E-state index contributed by atoms with van der Waals surface area (Å²) in [6.45, 7) is 0.500. The van der Waals surface area contributed by atoms with Gasteiger partial charge in [-0.2, -0.15) is 4.31 Å². The molecule has 1 saturated heterocycles. The van der Waals surface area contributed by atoms with Crippen molar-refractivity contribution in [2.24, 2.45) is 0 Å². The molecule has 120 valence electrons. The van der Waals surface area contributed by atoms with Crippen molar-refractivity contribution in [1.82, 2.24) is 14.3 Å². The third kappa shape index (κ3) is 2.57. The van der Waals surface area contributed by atoms with Crippen LogP contribution in [0.3, 0.4) is 0 Å². The fraction of sp³-hybridized carbons (Fsp3) is 0.267. The number of aromatic nitrogens is 2. The van der Waals surface area contributed by atoms with Gasteiger partial charge in [0, 0.05) is 6.54 Å². The normalized spacial score (nSPS) is 19.6. The number of nitrogens with one attached hydrogen (secondary N) is 1. The van der Waals surface area contributed by atoms with E-state index in [0.29, 0.717) is 16.7 Å². The molecule has 4 rings (SSSR count). The molecule has 1 aromatic carbocycles. The predicted molar refractivity (Wildman–Crippen MR) is 91.3 cm³/mol. The first-order chi connectivity index (χ1) is 11.1. The summed E-state index contributed by atoms with van der Waals surface area (Å²) in [6.07, 6.45) is 1.58. The van der Waals surface area contributed by atoms with Crippen LogP contribution in [0.5, 0.6) is 0 Å². The molecule has 5 nitrogen and oxygen atoms in total. The van der Waals surface area contributed by atoms with Gasteiger partial charge >= 0.3 is 0 Å². The third-order valence-electron chi connectivity index (χ3n) is 4.04. The quantitative estimate of drug-likeness (QED) is 0.765. The van der Waals surface area contributed by atoms with Crippen LogP contribution in [0.1, 0.15) is 24.7 Å². The lowest BCUT2D eigenvalue weighted by molar-refractivity contribution is 0.387. The number of thiophene rings is 1. The molecule has 1 fully saturated rings. The van der Waals surface area contributed by atoms with Crippen LogP contribution in [0.2, 0.25) is 4.34 Å². The van der Waals surface area contributed by atoms with Crippen LogP contribution < -0.4 is 0 Å². The lowest BCUT2D eigenvalue weighted by Crippen LogP contribution is -2.30. The van der Waals surface area contributed by atoms with Crippen molar-refractivity contribution in [2.75, 3.05) is 6.54 Å². The summed E-state index contributed by atoms with van der Waals surface area (Å²) in [6, 6.07) is 10.6. The third-order valence-corrected chi connectivity index (χ3v) is 7.65. The number of fused-ring (bicyclic) bond motifs is 1. The molecule has 1 aliphatic heterocycles. The largest absolute Gasteiger partial charge is 0.341 e. The van der Waals surface area contributed by atoms with Crippen LogP contribution in [0, 0.1) is 0 Å². The molecule has 0 spiro atoms. The number of benzene rings is 1. The molecular formula is C15H14ClN3O2S2. The average Bonchev–Trinajstić information content (AvgIpc) is 3.25. The zero-order valence-electron chi connectivity index (χ0n) is 12.1. The first kappa shape index (κ1) is 15.1. The van der Waals surface area contributed by atoms with Crippen molar-refractivity contribution in [3.8, 4) is 0 Å². The van der Waals surface area contributed by atoms with Crippen LogP contribution >= 0.6 is 22.9 Å². The molecule has 1 N–H and O–H groups in total. The summed E-state index contributed by atoms with van der Waals surface area (Å²) in [5.74, 6) is 0.704. The van der Waals surface area contributed by atoms with Gasteiger partial charge in [-0.3, -0.25) is 0 Å². The lowest BCUT2D eigenvalue weighted by atomic mass is 10.2. The van der Waals surface area contributed by atoms with Crippen molar-refractivity contribution in [2.45, 2.75) is 23.1 Å². The molecule has 0 amide bonds. The minimum atomic E-state index is -3.55. The van der Waals surface area contributed by atoms with Crippen LogP contribution in [0.4, 0.5) is 0 Å². The molecule has 0 aliphatic carbocycles. The number of para-hydroxylation sites is 2. The fourth-order valence-corrected chi connectivity index (χ4v) is 6.26. The molecule has 3 heterocycles. The van der Waals surface area contributed by atoms with E-state index in [1.807, 2.05) is 24.3 Å². The topological polar surface area (TPSA) is 66.1 Å². The molecule has 0 bridgehead atoms. The Morgan fingerprint density at radius 3 is 2.83 bits per heavy atom. The second kappa shape index (κ2) is 5.59. The summed E-state index contributed by atoms with van der Waals surface area (Å²) < 4.78 is 28.1. The number of hydrogen-bond acceptors (Lipinski definition) is 4. The number of nitrogens with zero attached hydrogens (tertiary/aromatic N) is 2. The highest BCUT2D eigenvalue weighted by Gasteiger charge is 2.38. The monoisotopic (exact) mass is 367 g/mol. The maximum Gasteiger partial charge on any atom is 0.253 e. The molecule has 1 aliphatic rings. The van der Waals surface area contributed by atoms with Gasteiger partial charge in [-0.15, -0.1) is 11.3 Å². The first-order valence-electron chi connectivity index (χ1n) is 7.27. The zero-order chi connectivity index (χ0) is 16.0. The number of rotatable bonds is 3. The van der Waals surface area contributed by atoms with Gasteiger partial charge in [0.2, 0.25) is 0 Å². The van der Waals surface area contributed by atoms with Crippen LogP contribution in [0.15, 0.2) is 40.6 Å². The Balaban J connectivity index is 1.74. The van der Waals surface area contributed by atoms with E-state index in [0.717, 1.165) is 35.2 Å². The summed E-state index contributed by atoms with van der Waals surface area (Å²) in [7, 11) is -3.55. The Kier molecular flexibility index (Phi) is 3.68. The van der Waals surface area contributed by atoms with E-state index < -0.39 is 10.0 Å². The number of aromatic amines is 1. The Morgan fingerprint density at radius 1 is 1.26 bits per heavy atom. The summed E-state index contributed by atoms with van der Waals surface area (Å²) in [5, 5.41) is 0. The Hall–Kier alpha value is -1.41. The van der Waals surface area contributed by atoms with E-state index in [1.165, 1.54) is 4.31 Å². The first-order valence-corrected chi connectivity index (χ1v) is 9.91. The standard InChI is InChI=1S/C15H14ClN3O2S2/c16-13-7-8-14(22-13)23(20,21)19-9-3-6-12(19)15-17-10-4-1-2-5-11(10)18-15/h1-2,4-5,7-8,12H,3,6,9H2,(H,17,18)/t12-/m0/s1. The fourth-order valence-electron chi connectivity index (χ4n) is 2.98. The van der Waals surface area contributed by atoms with Gasteiger partial charge in [-0.05, 0) is 37.1 Å². The van der Waals surface area contributed by atoms with E-state index in [9.17, 15) is 8.42 Å². The highest BCUT2D eigenvalue weighted by atomic mass is 35.5. The van der Waals surface area contributed by atoms with Crippen molar-refractivity contribution < 1.29 is 8.42 Å². The number of halogens is 1. The summed E-state index contributed by atoms with van der Waals surface area (Å²) in [5.41, 5.74) is 1.77. The average molecular weight is 368 g/mol. The zero-order valence-corrected chi connectivity index (χ0v) is 14.5. The molecular weight excluding hydrogens is 354 g/mol. The molecule has 1 atom stereocenters. The molecule has 0 unspecified atom stereocenters. The van der Waals surface area contributed by atoms with Crippen LogP contribution in [-0.2, 0) is 10.0 Å². The Morgan fingerprint density at radius 2 is 2.09 bits per heavy atom. The number of H-pyrrole nitrogens is 1. The van der Waals surface area contributed by atoms with Gasteiger partial charge in [-0.1, -0.05) is 23.7 Å². The van der Waals surface area contributed by atoms with Gasteiger partial charge in [0.15, 0.2) is 0 Å².